The number of nitrogens with one attached hydrogen (secondary N) is 1. The summed E-state index contributed by atoms with van der Waals surface area (Å²) >= 11 is 13.1. The minimum Gasteiger partial charge on any atom is -0.321 e. The van der Waals surface area contributed by atoms with E-state index in [2.05, 4.69) is 4.98 Å². The average molecular weight is 510 g/mol. The molecule has 1 unspecified atom stereocenters. The quantitative estimate of drug-likeness (QED) is 0.268. The van der Waals surface area contributed by atoms with Crippen LogP contribution in [0, 0.1) is 0 Å². The van der Waals surface area contributed by atoms with Crippen molar-refractivity contribution in [3.63, 3.8) is 0 Å². The van der Waals surface area contributed by atoms with Crippen molar-refractivity contribution in [3.05, 3.63) is 135 Å². The number of halogens is 2. The fraction of sp³-hybridized carbons (Fsp3) is 0.0667. The summed E-state index contributed by atoms with van der Waals surface area (Å²) in [4.78, 5) is 16.7. The van der Waals surface area contributed by atoms with Crippen LogP contribution < -0.4 is 10.6 Å². The van der Waals surface area contributed by atoms with Crippen LogP contribution in [-0.2, 0) is 0 Å². The molecule has 0 spiro atoms. The molecule has 0 saturated carbocycles. The molecule has 1 atom stereocenters. The molecular formula is C30H21Cl2N3O. The van der Waals surface area contributed by atoms with Gasteiger partial charge in [-0.3, -0.25) is 9.80 Å². The Hall–Kier alpha value is -3.86. The Labute approximate surface area is 218 Å². The van der Waals surface area contributed by atoms with E-state index in [0.29, 0.717) is 27.7 Å². The molecule has 1 aliphatic heterocycles. The molecule has 0 radical (unpaired) electrons. The van der Waals surface area contributed by atoms with Gasteiger partial charge in [0.05, 0.1) is 23.0 Å². The van der Waals surface area contributed by atoms with Gasteiger partial charge in [-0.1, -0.05) is 89.9 Å². The third kappa shape index (κ3) is 3.98. The Kier molecular flexibility index (Phi) is 5.84. The minimum atomic E-state index is -0.185. The lowest BCUT2D eigenvalue weighted by Gasteiger charge is -2.24. The number of aromatic amines is 1. The number of para-hydroxylation sites is 1. The van der Waals surface area contributed by atoms with Crippen LogP contribution in [0.2, 0.25) is 10.0 Å². The molecule has 176 valence electrons. The van der Waals surface area contributed by atoms with Gasteiger partial charge in [-0.2, -0.15) is 5.10 Å². The molecule has 1 N–H and O–H groups in total. The Morgan fingerprint density at radius 3 is 2.25 bits per heavy atom. The van der Waals surface area contributed by atoms with Gasteiger partial charge in [0.2, 0.25) is 0 Å². The monoisotopic (exact) mass is 509 g/mol. The average Bonchev–Trinajstić information content (AvgIpc) is 3.34. The van der Waals surface area contributed by atoms with Crippen molar-refractivity contribution in [1.29, 1.82) is 0 Å². The second-order valence-corrected chi connectivity index (χ2v) is 9.57. The number of hydrogen-bond donors (Lipinski definition) is 1. The van der Waals surface area contributed by atoms with Crippen LogP contribution in [0.15, 0.2) is 113 Å². The summed E-state index contributed by atoms with van der Waals surface area (Å²) in [7, 11) is 0. The predicted octanol–water partition coefficient (Wildman–Crippen LogP) is 7.86. The lowest BCUT2D eigenvalue weighted by Crippen LogP contribution is -2.20. The van der Waals surface area contributed by atoms with E-state index in [1.807, 2.05) is 102 Å². The van der Waals surface area contributed by atoms with E-state index in [1.165, 1.54) is 0 Å². The van der Waals surface area contributed by atoms with Gasteiger partial charge in [0.1, 0.15) is 0 Å². The molecule has 6 heteroatoms. The molecule has 0 saturated heterocycles. The van der Waals surface area contributed by atoms with Crippen LogP contribution in [0.25, 0.3) is 22.0 Å². The van der Waals surface area contributed by atoms with Crippen molar-refractivity contribution >= 4 is 45.5 Å². The summed E-state index contributed by atoms with van der Waals surface area (Å²) in [6, 6.07) is 33.0. The zero-order valence-corrected chi connectivity index (χ0v) is 20.7. The Bertz CT molecular complexity index is 1660. The maximum Gasteiger partial charge on any atom is 0.258 e. The summed E-state index contributed by atoms with van der Waals surface area (Å²) in [6.07, 6.45) is 0.521. The highest BCUT2D eigenvalue weighted by Crippen LogP contribution is 2.41. The first-order valence-corrected chi connectivity index (χ1v) is 12.4. The first-order valence-electron chi connectivity index (χ1n) is 11.7. The normalized spacial score (nSPS) is 15.3. The second kappa shape index (κ2) is 9.30. The molecule has 6 rings (SSSR count). The van der Waals surface area contributed by atoms with E-state index < -0.39 is 0 Å². The summed E-state index contributed by atoms with van der Waals surface area (Å²) in [5.41, 5.74) is 5.44. The van der Waals surface area contributed by atoms with Gasteiger partial charge >= 0.3 is 0 Å². The highest BCUT2D eigenvalue weighted by atomic mass is 35.5. The zero-order chi connectivity index (χ0) is 24.6. The van der Waals surface area contributed by atoms with E-state index >= 15 is 0 Å². The molecule has 0 amide bonds. The number of aromatic nitrogens is 1. The molecule has 0 fully saturated rings. The number of pyridine rings is 1. The summed E-state index contributed by atoms with van der Waals surface area (Å²) < 4.78 is 0. The minimum absolute atomic E-state index is 0.158. The van der Waals surface area contributed by atoms with E-state index in [9.17, 15) is 4.79 Å². The third-order valence-electron chi connectivity index (χ3n) is 6.52. The van der Waals surface area contributed by atoms with Gasteiger partial charge in [0.25, 0.3) is 5.56 Å². The van der Waals surface area contributed by atoms with Crippen molar-refractivity contribution in [3.8, 4) is 11.1 Å². The van der Waals surface area contributed by atoms with Crippen LogP contribution >= 0.6 is 23.2 Å². The molecule has 5 aromatic rings. The molecular weight excluding hydrogens is 489 g/mol. The largest absolute Gasteiger partial charge is 0.321 e. The van der Waals surface area contributed by atoms with Crippen LogP contribution in [0.3, 0.4) is 0 Å². The van der Waals surface area contributed by atoms with Crippen molar-refractivity contribution in [2.75, 3.05) is 5.01 Å². The van der Waals surface area contributed by atoms with E-state index in [1.54, 1.807) is 6.07 Å². The third-order valence-corrected chi connectivity index (χ3v) is 7.10. The number of hydrazone groups is 1. The molecule has 0 bridgehead atoms. The van der Waals surface area contributed by atoms with Gasteiger partial charge in [-0.05, 0) is 47.5 Å². The van der Waals surface area contributed by atoms with Crippen LogP contribution in [-0.4, -0.2) is 10.7 Å². The molecule has 0 aliphatic carbocycles. The SMILES string of the molecule is O=c1[nH]c2ccc(Cl)cc2c(-c2ccccc2)c1C1=NN(c2ccccc2)C(c2ccccc2Cl)C1. The Balaban J connectivity index is 1.61. The number of fused-ring (bicyclic) bond motifs is 1. The summed E-state index contributed by atoms with van der Waals surface area (Å²) in [6.45, 7) is 0. The lowest BCUT2D eigenvalue weighted by molar-refractivity contribution is 0.709. The van der Waals surface area contributed by atoms with Gasteiger partial charge in [0, 0.05) is 32.9 Å². The van der Waals surface area contributed by atoms with E-state index in [4.69, 9.17) is 28.3 Å². The fourth-order valence-corrected chi connectivity index (χ4v) is 5.35. The second-order valence-electron chi connectivity index (χ2n) is 8.73. The van der Waals surface area contributed by atoms with Gasteiger partial charge in [-0.15, -0.1) is 0 Å². The standard InChI is InChI=1S/C30H21Cl2N3O/c31-20-15-16-25-23(17-20)28(19-9-3-1-4-10-19)29(30(36)33-25)26-18-27(22-13-7-8-14-24(22)32)35(34-26)21-11-5-2-6-12-21/h1-17,27H,18H2,(H,33,36). The Morgan fingerprint density at radius 2 is 1.50 bits per heavy atom. The molecule has 4 aromatic carbocycles. The van der Waals surface area contributed by atoms with Crippen LogP contribution in [0.4, 0.5) is 5.69 Å². The van der Waals surface area contributed by atoms with Gasteiger partial charge in [0.15, 0.2) is 0 Å². The van der Waals surface area contributed by atoms with Crippen molar-refractivity contribution in [2.45, 2.75) is 12.5 Å². The van der Waals surface area contributed by atoms with Gasteiger partial charge < -0.3 is 4.98 Å². The van der Waals surface area contributed by atoms with E-state index in [0.717, 1.165) is 33.3 Å². The molecule has 2 heterocycles. The summed E-state index contributed by atoms with van der Waals surface area (Å²) in [5, 5.41) is 9.15. The molecule has 4 nitrogen and oxygen atoms in total. The lowest BCUT2D eigenvalue weighted by atomic mass is 9.91. The maximum absolute atomic E-state index is 13.6. The van der Waals surface area contributed by atoms with Crippen molar-refractivity contribution in [1.82, 2.24) is 4.98 Å². The molecule has 36 heavy (non-hydrogen) atoms. The van der Waals surface area contributed by atoms with E-state index in [-0.39, 0.29) is 11.6 Å². The molecule has 1 aromatic heterocycles. The van der Waals surface area contributed by atoms with Crippen LogP contribution in [0.5, 0.6) is 0 Å². The first-order chi connectivity index (χ1) is 17.6. The number of H-pyrrole nitrogens is 1. The zero-order valence-electron chi connectivity index (χ0n) is 19.2. The highest BCUT2D eigenvalue weighted by Gasteiger charge is 2.33. The number of hydrogen-bond acceptors (Lipinski definition) is 3. The predicted molar refractivity (Wildman–Crippen MR) is 149 cm³/mol. The van der Waals surface area contributed by atoms with Crippen molar-refractivity contribution in [2.24, 2.45) is 5.10 Å². The Morgan fingerprint density at radius 1 is 0.806 bits per heavy atom. The molecule has 1 aliphatic rings. The number of rotatable bonds is 4. The highest BCUT2D eigenvalue weighted by molar-refractivity contribution is 6.32. The smallest absolute Gasteiger partial charge is 0.258 e. The summed E-state index contributed by atoms with van der Waals surface area (Å²) in [5.74, 6) is 0. The van der Waals surface area contributed by atoms with Crippen LogP contribution in [0.1, 0.15) is 23.6 Å². The number of nitrogens with zero attached hydrogens (tertiary/aromatic N) is 2. The number of anilines is 1. The topological polar surface area (TPSA) is 48.5 Å². The first kappa shape index (κ1) is 22.6. The fourth-order valence-electron chi connectivity index (χ4n) is 4.91. The van der Waals surface area contributed by atoms with Gasteiger partial charge in [-0.25, -0.2) is 0 Å². The van der Waals surface area contributed by atoms with Crippen molar-refractivity contribution < 1.29 is 0 Å². The maximum atomic E-state index is 13.6. The number of benzene rings is 4.